The molecule has 0 radical (unpaired) electrons. The van der Waals surface area contributed by atoms with Gasteiger partial charge in [-0.2, -0.15) is 5.10 Å². The highest BCUT2D eigenvalue weighted by Crippen LogP contribution is 2.67. The first-order chi connectivity index (χ1) is 12.4. The highest BCUT2D eigenvalue weighted by atomic mass is 16.7. The molecule has 0 amide bonds. The summed E-state index contributed by atoms with van der Waals surface area (Å²) in [5.74, 6) is 9.53. The quantitative estimate of drug-likeness (QED) is 0.516. The van der Waals surface area contributed by atoms with E-state index in [9.17, 15) is 0 Å². The number of hydrazone groups is 1. The summed E-state index contributed by atoms with van der Waals surface area (Å²) in [7, 11) is 0. The Morgan fingerprint density at radius 3 is 2.50 bits per heavy atom. The Bertz CT molecular complexity index is 613. The Kier molecular flexibility index (Phi) is 3.83. The van der Waals surface area contributed by atoms with Gasteiger partial charge in [0, 0.05) is 24.0 Å². The van der Waals surface area contributed by atoms with Crippen LogP contribution >= 0.6 is 0 Å². The zero-order valence-electron chi connectivity index (χ0n) is 16.8. The number of ether oxygens (including phenoxy) is 2. The summed E-state index contributed by atoms with van der Waals surface area (Å²) in [6.07, 6.45) is 9.91. The summed E-state index contributed by atoms with van der Waals surface area (Å²) in [5, 5.41) is 4.23. The second kappa shape index (κ2) is 5.70. The first-order valence-electron chi connectivity index (χ1n) is 11.0. The molecule has 7 atom stereocenters. The SMILES string of the molecule is CC1C[C@@H]2[C@H](CC[C@]3(C)/C(=N\N)CC[C@@H]23)[C@@]2(C)CCC3(CC12)OCCO3. The van der Waals surface area contributed by atoms with Gasteiger partial charge < -0.3 is 15.3 Å². The molecule has 0 aromatic rings. The summed E-state index contributed by atoms with van der Waals surface area (Å²) in [6.45, 7) is 9.15. The molecule has 4 saturated carbocycles. The fourth-order valence-electron chi connectivity index (χ4n) is 8.42. The van der Waals surface area contributed by atoms with Crippen LogP contribution in [0.25, 0.3) is 0 Å². The Morgan fingerprint density at radius 2 is 1.77 bits per heavy atom. The predicted octanol–water partition coefficient (Wildman–Crippen LogP) is 4.33. The molecule has 5 aliphatic rings. The average molecular weight is 361 g/mol. The molecular weight excluding hydrogens is 324 g/mol. The van der Waals surface area contributed by atoms with Crippen molar-refractivity contribution < 1.29 is 9.47 Å². The zero-order chi connectivity index (χ0) is 18.2. The summed E-state index contributed by atoms with van der Waals surface area (Å²) < 4.78 is 12.2. The van der Waals surface area contributed by atoms with E-state index in [1.54, 1.807) is 0 Å². The Hall–Kier alpha value is -0.610. The number of nitrogens with two attached hydrogens (primary N) is 1. The molecule has 1 saturated heterocycles. The van der Waals surface area contributed by atoms with Crippen LogP contribution in [0.5, 0.6) is 0 Å². The summed E-state index contributed by atoms with van der Waals surface area (Å²) >= 11 is 0. The molecule has 2 N–H and O–H groups in total. The van der Waals surface area contributed by atoms with Crippen molar-refractivity contribution in [3.8, 4) is 0 Å². The van der Waals surface area contributed by atoms with Gasteiger partial charge >= 0.3 is 0 Å². The van der Waals surface area contributed by atoms with Crippen LogP contribution in [-0.2, 0) is 9.47 Å². The van der Waals surface area contributed by atoms with Gasteiger partial charge in [-0.05, 0) is 73.5 Å². The number of hydrogen-bond donors (Lipinski definition) is 1. The van der Waals surface area contributed by atoms with E-state index in [0.29, 0.717) is 5.41 Å². The third-order valence-electron chi connectivity index (χ3n) is 9.75. The van der Waals surface area contributed by atoms with Gasteiger partial charge in [-0.25, -0.2) is 0 Å². The van der Waals surface area contributed by atoms with Gasteiger partial charge in [-0.1, -0.05) is 20.8 Å². The standard InChI is InChI=1S/C22H36N2O2/c1-14-12-15-16-4-5-19(24-23)21(16,3)7-6-17(15)20(2)8-9-22(13-18(14)20)25-10-11-26-22/h14-18H,4-13,23H2,1-3H3/b24-19-/t14?,15-,16-,17-,18?,20+,21-/m0/s1. The van der Waals surface area contributed by atoms with Crippen molar-refractivity contribution in [2.75, 3.05) is 13.2 Å². The zero-order valence-corrected chi connectivity index (χ0v) is 16.8. The van der Waals surface area contributed by atoms with Crippen molar-refractivity contribution >= 4 is 5.71 Å². The highest BCUT2D eigenvalue weighted by Gasteiger charge is 2.63. The maximum Gasteiger partial charge on any atom is 0.168 e. The number of rotatable bonds is 0. The molecule has 1 aliphatic heterocycles. The number of hydrogen-bond acceptors (Lipinski definition) is 4. The Labute approximate surface area is 158 Å². The van der Waals surface area contributed by atoms with Crippen LogP contribution in [0, 0.1) is 40.4 Å². The van der Waals surface area contributed by atoms with Crippen molar-refractivity contribution in [2.24, 2.45) is 51.4 Å². The Balaban J connectivity index is 1.45. The second-order valence-electron chi connectivity index (χ2n) is 10.6. The highest BCUT2D eigenvalue weighted by molar-refractivity contribution is 5.92. The minimum Gasteiger partial charge on any atom is -0.348 e. The molecule has 0 bridgehead atoms. The van der Waals surface area contributed by atoms with E-state index in [-0.39, 0.29) is 11.2 Å². The van der Waals surface area contributed by atoms with Crippen LogP contribution in [0.4, 0.5) is 0 Å². The molecule has 0 aromatic carbocycles. The fraction of sp³-hybridized carbons (Fsp3) is 0.955. The van der Waals surface area contributed by atoms with Crippen LogP contribution < -0.4 is 5.84 Å². The number of fused-ring (bicyclic) bond motifs is 5. The molecule has 5 rings (SSSR count). The topological polar surface area (TPSA) is 56.8 Å². The molecule has 146 valence electrons. The van der Waals surface area contributed by atoms with Crippen LogP contribution in [0.1, 0.15) is 72.1 Å². The smallest absolute Gasteiger partial charge is 0.168 e. The van der Waals surface area contributed by atoms with Gasteiger partial charge in [-0.15, -0.1) is 0 Å². The van der Waals surface area contributed by atoms with Gasteiger partial charge in [0.05, 0.1) is 13.2 Å². The molecule has 5 fully saturated rings. The molecule has 0 aromatic heterocycles. The van der Waals surface area contributed by atoms with Crippen LogP contribution in [0.3, 0.4) is 0 Å². The fourth-order valence-corrected chi connectivity index (χ4v) is 8.42. The van der Waals surface area contributed by atoms with Crippen LogP contribution in [-0.4, -0.2) is 24.7 Å². The van der Waals surface area contributed by atoms with Gasteiger partial charge in [0.1, 0.15) is 0 Å². The van der Waals surface area contributed by atoms with E-state index in [1.165, 1.54) is 37.8 Å². The van der Waals surface area contributed by atoms with E-state index in [4.69, 9.17) is 15.3 Å². The third kappa shape index (κ3) is 2.18. The number of nitrogens with zero attached hydrogens (tertiary/aromatic N) is 1. The molecule has 4 heteroatoms. The summed E-state index contributed by atoms with van der Waals surface area (Å²) in [6, 6.07) is 0. The monoisotopic (exact) mass is 360 g/mol. The second-order valence-corrected chi connectivity index (χ2v) is 10.6. The van der Waals surface area contributed by atoms with Crippen molar-refractivity contribution in [1.82, 2.24) is 0 Å². The van der Waals surface area contributed by atoms with Gasteiger partial charge in [-0.3, -0.25) is 0 Å². The van der Waals surface area contributed by atoms with Gasteiger partial charge in [0.25, 0.3) is 0 Å². The largest absolute Gasteiger partial charge is 0.348 e. The summed E-state index contributed by atoms with van der Waals surface area (Å²) in [5.41, 5.74) is 2.02. The van der Waals surface area contributed by atoms with E-state index >= 15 is 0 Å². The van der Waals surface area contributed by atoms with Crippen LogP contribution in [0.2, 0.25) is 0 Å². The van der Waals surface area contributed by atoms with E-state index in [0.717, 1.165) is 62.1 Å². The predicted molar refractivity (Wildman–Crippen MR) is 103 cm³/mol. The van der Waals surface area contributed by atoms with Crippen LogP contribution in [0.15, 0.2) is 5.10 Å². The van der Waals surface area contributed by atoms with Crippen molar-refractivity contribution in [3.63, 3.8) is 0 Å². The minimum atomic E-state index is -0.249. The normalized spacial score (nSPS) is 54.1. The van der Waals surface area contributed by atoms with E-state index in [1.807, 2.05) is 0 Å². The molecule has 1 heterocycles. The lowest BCUT2D eigenvalue weighted by Gasteiger charge is -2.63. The molecule has 2 unspecified atom stereocenters. The van der Waals surface area contributed by atoms with Crippen molar-refractivity contribution in [2.45, 2.75) is 77.9 Å². The van der Waals surface area contributed by atoms with Crippen molar-refractivity contribution in [1.29, 1.82) is 0 Å². The van der Waals surface area contributed by atoms with Gasteiger partial charge in [0.2, 0.25) is 0 Å². The minimum absolute atomic E-state index is 0.249. The van der Waals surface area contributed by atoms with Crippen molar-refractivity contribution in [3.05, 3.63) is 0 Å². The first kappa shape index (κ1) is 17.5. The maximum atomic E-state index is 6.12. The lowest BCUT2D eigenvalue weighted by atomic mass is 9.43. The molecule has 4 nitrogen and oxygen atoms in total. The average Bonchev–Trinajstić information content (AvgIpc) is 3.21. The van der Waals surface area contributed by atoms with E-state index in [2.05, 4.69) is 25.9 Å². The first-order valence-corrected chi connectivity index (χ1v) is 11.0. The Morgan fingerprint density at radius 1 is 1.00 bits per heavy atom. The van der Waals surface area contributed by atoms with Gasteiger partial charge in [0.15, 0.2) is 5.79 Å². The van der Waals surface area contributed by atoms with E-state index < -0.39 is 0 Å². The molecule has 4 aliphatic carbocycles. The lowest BCUT2D eigenvalue weighted by molar-refractivity contribution is -0.237. The third-order valence-corrected chi connectivity index (χ3v) is 9.75. The molecule has 1 spiro atoms. The maximum absolute atomic E-state index is 6.12. The lowest BCUT2D eigenvalue weighted by Crippen LogP contribution is -2.58. The summed E-state index contributed by atoms with van der Waals surface area (Å²) in [4.78, 5) is 0. The molecular formula is C22H36N2O2. The molecule has 26 heavy (non-hydrogen) atoms.